The Bertz CT molecular complexity index is 891. The maximum atomic E-state index is 12.4. The fraction of sp³-hybridized carbons (Fsp3) is 0.150. The Morgan fingerprint density at radius 2 is 1.55 bits per heavy atom. The summed E-state index contributed by atoms with van der Waals surface area (Å²) in [5, 5.41) is 2.37. The summed E-state index contributed by atoms with van der Waals surface area (Å²) in [5.41, 5.74) is 5.98. The first-order chi connectivity index (χ1) is 14.0. The van der Waals surface area contributed by atoms with Crippen LogP contribution in [0.2, 0.25) is 0 Å². The first-order valence-corrected chi connectivity index (χ1v) is 8.83. The third-order valence-electron chi connectivity index (χ3n) is 3.68. The number of rotatable bonds is 6. The smallest absolute Gasteiger partial charge is 0.269 e. The average molecular weight is 415 g/mol. The normalized spacial score (nSPS) is 10.2. The Kier molecular flexibility index (Phi) is 7.99. The van der Waals surface area contributed by atoms with Crippen LogP contribution in [-0.2, 0) is 4.79 Å². The second-order valence-corrected chi connectivity index (χ2v) is 5.96. The van der Waals surface area contributed by atoms with Crippen molar-refractivity contribution in [1.82, 2.24) is 16.2 Å². The molecule has 0 heterocycles. The lowest BCUT2D eigenvalue weighted by Gasteiger charge is -2.14. The molecule has 2 aromatic carbocycles. The summed E-state index contributed by atoms with van der Waals surface area (Å²) in [5.74, 6) is 0.0828. The Morgan fingerprint density at radius 3 is 2.10 bits per heavy atom. The molecule has 0 aliphatic carbocycles. The molecule has 29 heavy (non-hydrogen) atoms. The minimum Gasteiger partial charge on any atom is -0.493 e. The molecule has 0 aromatic heterocycles. The van der Waals surface area contributed by atoms with Crippen molar-refractivity contribution >= 4 is 35.2 Å². The van der Waals surface area contributed by atoms with Gasteiger partial charge >= 0.3 is 0 Å². The monoisotopic (exact) mass is 415 g/mol. The van der Waals surface area contributed by atoms with Gasteiger partial charge in [-0.05, 0) is 36.0 Å². The van der Waals surface area contributed by atoms with Crippen LogP contribution in [0, 0.1) is 0 Å². The summed E-state index contributed by atoms with van der Waals surface area (Å²) in [6.45, 7) is 0. The highest BCUT2D eigenvalue weighted by Gasteiger charge is 2.17. The van der Waals surface area contributed by atoms with Gasteiger partial charge in [-0.15, -0.1) is 0 Å². The van der Waals surface area contributed by atoms with Gasteiger partial charge in [0.15, 0.2) is 16.6 Å². The van der Waals surface area contributed by atoms with Crippen molar-refractivity contribution in [3.8, 4) is 17.2 Å². The highest BCUT2D eigenvalue weighted by molar-refractivity contribution is 7.80. The van der Waals surface area contributed by atoms with Gasteiger partial charge in [0.1, 0.15) is 0 Å². The van der Waals surface area contributed by atoms with Gasteiger partial charge in [-0.1, -0.05) is 30.3 Å². The molecule has 0 saturated heterocycles. The predicted molar refractivity (Wildman–Crippen MR) is 113 cm³/mol. The minimum absolute atomic E-state index is 0.0616. The first-order valence-electron chi connectivity index (χ1n) is 8.43. The average Bonchev–Trinajstić information content (AvgIpc) is 2.75. The maximum Gasteiger partial charge on any atom is 0.269 e. The van der Waals surface area contributed by atoms with Gasteiger partial charge in [0, 0.05) is 11.6 Å². The van der Waals surface area contributed by atoms with Crippen LogP contribution in [0.4, 0.5) is 0 Å². The highest BCUT2D eigenvalue weighted by Crippen LogP contribution is 2.38. The zero-order valence-electron chi connectivity index (χ0n) is 16.1. The van der Waals surface area contributed by atoms with Crippen molar-refractivity contribution in [3.05, 3.63) is 59.7 Å². The van der Waals surface area contributed by atoms with Crippen LogP contribution in [-0.4, -0.2) is 38.3 Å². The molecule has 152 valence electrons. The van der Waals surface area contributed by atoms with Crippen LogP contribution in [0.25, 0.3) is 6.08 Å². The van der Waals surface area contributed by atoms with Crippen LogP contribution >= 0.6 is 12.2 Å². The number of amides is 2. The Balaban J connectivity index is 1.94. The highest BCUT2D eigenvalue weighted by atomic mass is 32.1. The van der Waals surface area contributed by atoms with Crippen molar-refractivity contribution in [2.24, 2.45) is 0 Å². The lowest BCUT2D eigenvalue weighted by atomic mass is 10.1. The van der Waals surface area contributed by atoms with E-state index in [1.165, 1.54) is 39.5 Å². The molecule has 0 aliphatic rings. The molecule has 8 nitrogen and oxygen atoms in total. The molecule has 3 N–H and O–H groups in total. The molecular formula is C20H21N3O5S. The number of carbonyl (C=O) groups is 2. The van der Waals surface area contributed by atoms with E-state index in [9.17, 15) is 9.59 Å². The van der Waals surface area contributed by atoms with E-state index in [1.54, 1.807) is 6.08 Å². The van der Waals surface area contributed by atoms with Crippen molar-refractivity contribution in [3.63, 3.8) is 0 Å². The zero-order valence-corrected chi connectivity index (χ0v) is 17.0. The van der Waals surface area contributed by atoms with Gasteiger partial charge < -0.3 is 14.2 Å². The summed E-state index contributed by atoms with van der Waals surface area (Å²) in [4.78, 5) is 24.3. The molecule has 0 saturated carbocycles. The number of ether oxygens (including phenoxy) is 3. The number of thiocarbonyl (C=S) groups is 1. The second-order valence-electron chi connectivity index (χ2n) is 5.56. The molecule has 0 unspecified atom stereocenters. The SMILES string of the molecule is COc1cc(C(=O)NNC(=S)NC(=O)C=Cc2ccccc2)cc(OC)c1OC. The molecule has 0 bridgehead atoms. The molecule has 0 aliphatic heterocycles. The van der Waals surface area contributed by atoms with Gasteiger partial charge in [-0.2, -0.15) is 0 Å². The lowest BCUT2D eigenvalue weighted by Crippen LogP contribution is -2.48. The number of benzene rings is 2. The largest absolute Gasteiger partial charge is 0.493 e. The fourth-order valence-corrected chi connectivity index (χ4v) is 2.47. The molecule has 2 aromatic rings. The Morgan fingerprint density at radius 1 is 0.931 bits per heavy atom. The van der Waals surface area contributed by atoms with Crippen molar-refractivity contribution < 1.29 is 23.8 Å². The number of hydrogen-bond donors (Lipinski definition) is 3. The van der Waals surface area contributed by atoms with E-state index in [0.717, 1.165) is 5.56 Å². The summed E-state index contributed by atoms with van der Waals surface area (Å²) in [7, 11) is 4.37. The third-order valence-corrected chi connectivity index (χ3v) is 3.88. The van der Waals surface area contributed by atoms with Gasteiger partial charge in [-0.3, -0.25) is 25.8 Å². The van der Waals surface area contributed by atoms with Crippen molar-refractivity contribution in [2.45, 2.75) is 0 Å². The van der Waals surface area contributed by atoms with E-state index in [2.05, 4.69) is 16.2 Å². The van der Waals surface area contributed by atoms with E-state index in [4.69, 9.17) is 26.4 Å². The number of hydrazine groups is 1. The number of hydrogen-bond acceptors (Lipinski definition) is 6. The summed E-state index contributed by atoms with van der Waals surface area (Å²) in [6, 6.07) is 12.3. The van der Waals surface area contributed by atoms with Crippen LogP contribution in [0.15, 0.2) is 48.5 Å². The van der Waals surface area contributed by atoms with E-state index in [-0.39, 0.29) is 10.7 Å². The van der Waals surface area contributed by atoms with E-state index >= 15 is 0 Å². The molecule has 2 rings (SSSR count). The fourth-order valence-electron chi connectivity index (χ4n) is 2.32. The van der Waals surface area contributed by atoms with Gasteiger partial charge in [0.05, 0.1) is 21.3 Å². The van der Waals surface area contributed by atoms with Crippen LogP contribution in [0.3, 0.4) is 0 Å². The molecule has 2 amide bonds. The third kappa shape index (κ3) is 6.22. The number of methoxy groups -OCH3 is 3. The summed E-state index contributed by atoms with van der Waals surface area (Å²) in [6.07, 6.45) is 2.98. The quantitative estimate of drug-likeness (QED) is 0.377. The summed E-state index contributed by atoms with van der Waals surface area (Å²) < 4.78 is 15.6. The van der Waals surface area contributed by atoms with Gasteiger partial charge in [-0.25, -0.2) is 0 Å². The standard InChI is InChI=1S/C20H21N3O5S/c1-26-15-11-14(12-16(27-2)18(15)28-3)19(25)22-23-20(29)21-17(24)10-9-13-7-5-4-6-8-13/h4-12H,1-3H3,(H,22,25)(H2,21,23,24,29). The van der Waals surface area contributed by atoms with Crippen molar-refractivity contribution in [2.75, 3.05) is 21.3 Å². The zero-order chi connectivity index (χ0) is 21.2. The molecular weight excluding hydrogens is 394 g/mol. The number of carbonyl (C=O) groups excluding carboxylic acids is 2. The van der Waals surface area contributed by atoms with E-state index in [0.29, 0.717) is 17.2 Å². The molecule has 0 fully saturated rings. The molecule has 0 radical (unpaired) electrons. The predicted octanol–water partition coefficient (Wildman–Crippen LogP) is 2.06. The number of nitrogens with one attached hydrogen (secondary N) is 3. The Labute approximate surface area is 173 Å². The van der Waals surface area contributed by atoms with Crippen LogP contribution in [0.5, 0.6) is 17.2 Å². The van der Waals surface area contributed by atoms with Crippen LogP contribution < -0.4 is 30.4 Å². The van der Waals surface area contributed by atoms with Gasteiger partial charge in [0.25, 0.3) is 5.91 Å². The molecule has 0 spiro atoms. The van der Waals surface area contributed by atoms with E-state index < -0.39 is 11.8 Å². The first kappa shape index (κ1) is 21.7. The van der Waals surface area contributed by atoms with E-state index in [1.807, 2.05) is 30.3 Å². The lowest BCUT2D eigenvalue weighted by molar-refractivity contribution is -0.115. The molecule has 0 atom stereocenters. The maximum absolute atomic E-state index is 12.4. The molecule has 9 heteroatoms. The van der Waals surface area contributed by atoms with Crippen molar-refractivity contribution in [1.29, 1.82) is 0 Å². The minimum atomic E-state index is -0.513. The van der Waals surface area contributed by atoms with Crippen LogP contribution in [0.1, 0.15) is 15.9 Å². The Hall–Kier alpha value is -3.59. The summed E-state index contributed by atoms with van der Waals surface area (Å²) >= 11 is 5.01. The van der Waals surface area contributed by atoms with Gasteiger partial charge in [0.2, 0.25) is 11.7 Å². The second kappa shape index (κ2) is 10.7. The topological polar surface area (TPSA) is 97.9 Å².